The van der Waals surface area contributed by atoms with E-state index in [2.05, 4.69) is 197 Å². The first-order valence-electron chi connectivity index (χ1n) is 19.7. The molecule has 0 aliphatic carbocycles. The fraction of sp³-hybridized carbons (Fsp3) is 0.0185. The Bertz CT molecular complexity index is 3360. The summed E-state index contributed by atoms with van der Waals surface area (Å²) in [6.07, 6.45) is 3.89. The first kappa shape index (κ1) is 33.6. The number of allylic oxidation sites excluding steroid dienone is 1. The number of rotatable bonds is 7. The third-order valence-corrected chi connectivity index (χ3v) is 11.5. The predicted molar refractivity (Wildman–Crippen MR) is 245 cm³/mol. The van der Waals surface area contributed by atoms with Crippen molar-refractivity contribution < 1.29 is 4.42 Å². The van der Waals surface area contributed by atoms with Crippen molar-refractivity contribution in [3.8, 4) is 44.8 Å². The fourth-order valence-corrected chi connectivity index (χ4v) is 8.85. The molecule has 0 bridgehead atoms. The molecule has 0 amide bonds. The second-order valence-electron chi connectivity index (χ2n) is 14.8. The van der Waals surface area contributed by atoms with Crippen LogP contribution in [0.5, 0.6) is 0 Å². The maximum Gasteiger partial charge on any atom is 0.153 e. The van der Waals surface area contributed by atoms with Crippen molar-refractivity contribution in [2.75, 3.05) is 0 Å². The van der Waals surface area contributed by atoms with Gasteiger partial charge in [0, 0.05) is 38.3 Å². The summed E-state index contributed by atoms with van der Waals surface area (Å²) < 4.78 is 10.9. The predicted octanol–water partition coefficient (Wildman–Crippen LogP) is 15.0. The maximum atomic E-state index is 6.14. The Morgan fingerprint density at radius 3 is 1.50 bits per heavy atom. The molecule has 4 nitrogen and oxygen atoms in total. The highest BCUT2D eigenvalue weighted by atomic mass is 16.3. The zero-order valence-corrected chi connectivity index (χ0v) is 31.9. The lowest BCUT2D eigenvalue weighted by molar-refractivity contribution is 0.605. The van der Waals surface area contributed by atoms with Crippen LogP contribution in [0.3, 0.4) is 0 Å². The van der Waals surface area contributed by atoms with Gasteiger partial charge < -0.3 is 13.6 Å². The summed E-state index contributed by atoms with van der Waals surface area (Å²) in [5, 5.41) is 5.79. The Hall–Kier alpha value is -7.69. The van der Waals surface area contributed by atoms with Crippen LogP contribution in [0.2, 0.25) is 0 Å². The zero-order chi connectivity index (χ0) is 38.7. The van der Waals surface area contributed by atoms with Gasteiger partial charge in [0.15, 0.2) is 5.76 Å². The average molecular weight is 744 g/mol. The quantitative estimate of drug-likeness (QED) is 0.150. The van der Waals surface area contributed by atoms with E-state index in [1.807, 2.05) is 25.1 Å². The van der Waals surface area contributed by atoms with Gasteiger partial charge in [0.25, 0.3) is 0 Å². The van der Waals surface area contributed by atoms with Crippen LogP contribution in [0.15, 0.2) is 197 Å². The molecule has 0 unspecified atom stereocenters. The normalized spacial score (nSPS) is 11.9. The van der Waals surface area contributed by atoms with Crippen LogP contribution in [0.25, 0.3) is 105 Å². The molecule has 4 heteroatoms. The minimum Gasteiger partial charge on any atom is -0.454 e. The summed E-state index contributed by atoms with van der Waals surface area (Å²) in [5.74, 6) is 0.717. The molecule has 0 radical (unpaired) electrons. The van der Waals surface area contributed by atoms with E-state index in [0.717, 1.165) is 39.1 Å². The molecule has 3 heterocycles. The van der Waals surface area contributed by atoms with Crippen LogP contribution in [0, 0.1) is 0 Å². The van der Waals surface area contributed by atoms with Crippen LogP contribution in [0.1, 0.15) is 12.7 Å². The molecule has 11 aromatic rings. The summed E-state index contributed by atoms with van der Waals surface area (Å²) >= 11 is 0. The maximum absolute atomic E-state index is 6.14. The number of furan rings is 1. The molecular weight excluding hydrogens is 707 g/mol. The van der Waals surface area contributed by atoms with E-state index >= 15 is 0 Å². The summed E-state index contributed by atoms with van der Waals surface area (Å²) in [5.41, 5.74) is 15.5. The molecular formula is C54H37N3O. The Morgan fingerprint density at radius 1 is 0.431 bits per heavy atom. The summed E-state index contributed by atoms with van der Waals surface area (Å²) in [6, 6.07) is 65.9. The summed E-state index contributed by atoms with van der Waals surface area (Å²) in [7, 11) is 0. The molecule has 0 aliphatic heterocycles. The van der Waals surface area contributed by atoms with Crippen molar-refractivity contribution >= 4 is 73.1 Å². The van der Waals surface area contributed by atoms with Gasteiger partial charge in [0.05, 0.1) is 22.1 Å². The number of hydrogen-bond acceptors (Lipinski definition) is 2. The second-order valence-corrected chi connectivity index (χ2v) is 14.8. The van der Waals surface area contributed by atoms with Crippen molar-refractivity contribution in [3.05, 3.63) is 194 Å². The summed E-state index contributed by atoms with van der Waals surface area (Å²) in [6.45, 7) is 5.83. The third kappa shape index (κ3) is 5.34. The number of fused-ring (bicyclic) bond motifs is 7. The average Bonchev–Trinajstić information content (AvgIpc) is 3.93. The SMILES string of the molecule is C=Nc1c(/C=C\C)oc2ccc(-n3c4ccccc4c4cc(-c5ccc6c(c5)c5ccccc5n6-c5cc(-c6ccccc6)cc(-c6ccccc6)c5)ccc43)cc12. The van der Waals surface area contributed by atoms with E-state index in [-0.39, 0.29) is 0 Å². The van der Waals surface area contributed by atoms with Crippen LogP contribution >= 0.6 is 0 Å². The van der Waals surface area contributed by atoms with Gasteiger partial charge in [-0.1, -0.05) is 115 Å². The first-order valence-corrected chi connectivity index (χ1v) is 19.7. The summed E-state index contributed by atoms with van der Waals surface area (Å²) in [4.78, 5) is 4.36. The molecule has 0 atom stereocenters. The van der Waals surface area contributed by atoms with Crippen molar-refractivity contribution in [2.45, 2.75) is 6.92 Å². The number of para-hydroxylation sites is 2. The molecule has 8 aromatic carbocycles. The number of aromatic nitrogens is 2. The Labute approximate surface area is 335 Å². The van der Waals surface area contributed by atoms with Crippen molar-refractivity contribution in [1.29, 1.82) is 0 Å². The highest BCUT2D eigenvalue weighted by Crippen LogP contribution is 2.41. The smallest absolute Gasteiger partial charge is 0.153 e. The number of benzene rings is 8. The van der Waals surface area contributed by atoms with Gasteiger partial charge in [-0.25, -0.2) is 0 Å². The Kier molecular flexibility index (Phi) is 7.83. The molecule has 274 valence electrons. The molecule has 3 aromatic heterocycles. The lowest BCUT2D eigenvalue weighted by atomic mass is 9.98. The molecule has 0 spiro atoms. The minimum absolute atomic E-state index is 0.717. The van der Waals surface area contributed by atoms with E-state index in [4.69, 9.17) is 4.42 Å². The standard InChI is InChI=1S/C54H37N3O/c1-3-14-53-54(55-2)47-34-41(25-28-52(47)58-53)56-48-21-12-10-19-43(48)45-32-37(23-26-50(45)56)38-24-27-51-46(33-38)44-20-11-13-22-49(44)57(51)42-30-39(35-15-6-4-7-16-35)29-40(31-42)36-17-8-5-9-18-36/h3-34H,2H2,1H3/b14-3-. The van der Waals surface area contributed by atoms with Gasteiger partial charge in [-0.15, -0.1) is 0 Å². The van der Waals surface area contributed by atoms with Crippen LogP contribution < -0.4 is 0 Å². The lowest BCUT2D eigenvalue weighted by Gasteiger charge is -2.14. The molecule has 0 aliphatic rings. The Morgan fingerprint density at radius 2 is 0.948 bits per heavy atom. The van der Waals surface area contributed by atoms with Gasteiger partial charge in [0.1, 0.15) is 11.3 Å². The monoisotopic (exact) mass is 743 g/mol. The first-order chi connectivity index (χ1) is 28.7. The molecule has 11 rings (SSSR count). The van der Waals surface area contributed by atoms with Gasteiger partial charge in [0.2, 0.25) is 0 Å². The van der Waals surface area contributed by atoms with Crippen molar-refractivity contribution in [2.24, 2.45) is 4.99 Å². The number of aliphatic imine (C=N–C) groups is 1. The van der Waals surface area contributed by atoms with E-state index in [0.29, 0.717) is 5.76 Å². The number of nitrogens with zero attached hydrogens (tertiary/aromatic N) is 3. The van der Waals surface area contributed by atoms with Gasteiger partial charge >= 0.3 is 0 Å². The van der Waals surface area contributed by atoms with Gasteiger partial charge in [-0.3, -0.25) is 4.99 Å². The van der Waals surface area contributed by atoms with Crippen molar-refractivity contribution in [1.82, 2.24) is 9.13 Å². The van der Waals surface area contributed by atoms with E-state index in [1.54, 1.807) is 0 Å². The zero-order valence-electron chi connectivity index (χ0n) is 31.9. The van der Waals surface area contributed by atoms with Gasteiger partial charge in [-0.2, -0.15) is 0 Å². The third-order valence-electron chi connectivity index (χ3n) is 11.5. The molecule has 0 N–H and O–H groups in total. The van der Waals surface area contributed by atoms with Gasteiger partial charge in [-0.05, 0) is 126 Å². The van der Waals surface area contributed by atoms with E-state index in [9.17, 15) is 0 Å². The van der Waals surface area contributed by atoms with Crippen LogP contribution in [-0.4, -0.2) is 15.9 Å². The lowest BCUT2D eigenvalue weighted by Crippen LogP contribution is -1.96. The van der Waals surface area contributed by atoms with E-state index in [1.165, 1.54) is 66.0 Å². The molecule has 0 saturated heterocycles. The highest BCUT2D eigenvalue weighted by molar-refractivity contribution is 6.13. The highest BCUT2D eigenvalue weighted by Gasteiger charge is 2.19. The minimum atomic E-state index is 0.717. The number of hydrogen-bond donors (Lipinski definition) is 0. The topological polar surface area (TPSA) is 35.4 Å². The molecule has 58 heavy (non-hydrogen) atoms. The fourth-order valence-electron chi connectivity index (χ4n) is 8.85. The van der Waals surface area contributed by atoms with E-state index < -0.39 is 0 Å². The molecule has 0 saturated carbocycles. The second kappa shape index (κ2) is 13.5. The van der Waals surface area contributed by atoms with Crippen LogP contribution in [-0.2, 0) is 0 Å². The molecule has 0 fully saturated rings. The Balaban J connectivity index is 1.07. The van der Waals surface area contributed by atoms with Crippen molar-refractivity contribution in [3.63, 3.8) is 0 Å². The largest absolute Gasteiger partial charge is 0.454 e. The van der Waals surface area contributed by atoms with Crippen LogP contribution in [0.4, 0.5) is 5.69 Å².